The van der Waals surface area contributed by atoms with Gasteiger partial charge in [-0.15, -0.1) is 0 Å². The van der Waals surface area contributed by atoms with Crippen LogP contribution in [0.3, 0.4) is 0 Å². The average molecular weight is 655 g/mol. The van der Waals surface area contributed by atoms with Crippen molar-refractivity contribution < 1.29 is 4.57 Å². The standard InChI is InChI=1S/C32H32IOPS2/c1-31(2,3)22-10-15-26-25-14-9-21(20-7-12-24(13-8-20)35(34)37(33)36)17-28(25)27-16-11-23(32(4,5)6)19-30(27)29(26)18-22/h7-19,37H,1-6H3. The highest BCUT2D eigenvalue weighted by Crippen LogP contribution is 2.40. The second-order valence-corrected chi connectivity index (χ2v) is 24.7. The Balaban J connectivity index is 1.81. The van der Waals surface area contributed by atoms with Crippen LogP contribution in [0.5, 0.6) is 0 Å². The van der Waals surface area contributed by atoms with Crippen molar-refractivity contribution in [1.82, 2.24) is 0 Å². The molecule has 0 heterocycles. The van der Waals surface area contributed by atoms with Gasteiger partial charge >= 0.3 is 0 Å². The highest BCUT2D eigenvalue weighted by atomic mass is 127. The molecule has 0 spiro atoms. The van der Waals surface area contributed by atoms with E-state index in [0.29, 0.717) is 0 Å². The van der Waals surface area contributed by atoms with E-state index in [0.717, 1.165) is 16.4 Å². The average Bonchev–Trinajstić information content (AvgIpc) is 2.86. The lowest BCUT2D eigenvalue weighted by atomic mass is 9.82. The van der Waals surface area contributed by atoms with Crippen molar-refractivity contribution >= 4 is 82.4 Å². The highest BCUT2D eigenvalue weighted by Gasteiger charge is 2.19. The molecule has 190 valence electrons. The summed E-state index contributed by atoms with van der Waals surface area (Å²) in [5.74, 6) is -0.921. The molecule has 5 aromatic carbocycles. The molecule has 5 aromatic rings. The zero-order valence-corrected chi connectivity index (χ0v) is 26.9. The molecule has 0 saturated carbocycles. The SMILES string of the molecule is CC(C)(C)c1ccc2c3ccc(-c4ccc(P(=O)=[SH](=S)I)cc4)cc3c3ccc(C(C)(C)C)cc3c2c1. The molecule has 0 amide bonds. The molecule has 2 unspecified atom stereocenters. The Kier molecular flexibility index (Phi) is 7.11. The topological polar surface area (TPSA) is 17.1 Å². The molecule has 5 heteroatoms. The van der Waals surface area contributed by atoms with Crippen LogP contribution in [0.15, 0.2) is 78.9 Å². The van der Waals surface area contributed by atoms with Crippen LogP contribution >= 0.6 is 27.8 Å². The molecule has 0 fully saturated rings. The summed E-state index contributed by atoms with van der Waals surface area (Å²) < 4.78 is 12.5. The summed E-state index contributed by atoms with van der Waals surface area (Å²) in [6.45, 7) is 12.2. The van der Waals surface area contributed by atoms with Crippen molar-refractivity contribution in [3.05, 3.63) is 90.0 Å². The van der Waals surface area contributed by atoms with Crippen LogP contribution in [0.2, 0.25) is 0 Å². The van der Waals surface area contributed by atoms with Crippen molar-refractivity contribution in [2.75, 3.05) is 0 Å². The molecule has 5 rings (SSSR count). The normalized spacial score (nSPS) is 13.9. The zero-order valence-electron chi connectivity index (χ0n) is 22.1. The molecule has 2 atom stereocenters. The van der Waals surface area contributed by atoms with E-state index in [1.807, 2.05) is 12.1 Å². The number of hydrogen-bond donors (Lipinski definition) is 1. The van der Waals surface area contributed by atoms with Crippen molar-refractivity contribution in [2.45, 2.75) is 52.4 Å². The summed E-state index contributed by atoms with van der Waals surface area (Å²) in [7, 11) is 0. The van der Waals surface area contributed by atoms with Crippen molar-refractivity contribution in [3.63, 3.8) is 0 Å². The molecule has 0 aliphatic rings. The Morgan fingerprint density at radius 3 is 1.46 bits per heavy atom. The van der Waals surface area contributed by atoms with Gasteiger partial charge < -0.3 is 0 Å². The van der Waals surface area contributed by atoms with Crippen LogP contribution in [-0.2, 0) is 32.4 Å². The van der Waals surface area contributed by atoms with Crippen LogP contribution in [0.4, 0.5) is 0 Å². The van der Waals surface area contributed by atoms with Gasteiger partial charge in [-0.05, 0) is 134 Å². The van der Waals surface area contributed by atoms with Crippen LogP contribution in [0, 0.1) is 0 Å². The van der Waals surface area contributed by atoms with Crippen molar-refractivity contribution in [3.8, 4) is 11.1 Å². The Labute approximate surface area is 238 Å². The van der Waals surface area contributed by atoms with E-state index in [1.54, 1.807) is 0 Å². The lowest BCUT2D eigenvalue weighted by Crippen LogP contribution is -2.11. The van der Waals surface area contributed by atoms with Gasteiger partial charge in [0, 0.05) is 5.30 Å². The summed E-state index contributed by atoms with van der Waals surface area (Å²) in [5, 5.41) is 8.59. The maximum Gasteiger partial charge on any atom is 0.166 e. The summed E-state index contributed by atoms with van der Waals surface area (Å²) in [5.41, 5.74) is 5.15. The Bertz CT molecular complexity index is 1830. The van der Waals surface area contributed by atoms with E-state index in [9.17, 15) is 4.57 Å². The third-order valence-electron chi connectivity index (χ3n) is 7.23. The predicted molar refractivity (Wildman–Crippen MR) is 179 cm³/mol. The van der Waals surface area contributed by atoms with E-state index >= 15 is 0 Å². The Morgan fingerprint density at radius 2 is 1.00 bits per heavy atom. The number of rotatable bonds is 2. The van der Waals surface area contributed by atoms with Crippen molar-refractivity contribution in [2.24, 2.45) is 0 Å². The molecule has 0 bridgehead atoms. The third-order valence-corrected chi connectivity index (χ3v) is 14.7. The smallest absolute Gasteiger partial charge is 0.166 e. The van der Waals surface area contributed by atoms with Gasteiger partial charge in [-0.3, -0.25) is 4.57 Å². The third kappa shape index (κ3) is 5.15. The number of hydrogen-bond acceptors (Lipinski definition) is 2. The minimum Gasteiger partial charge on any atom is -0.270 e. The summed E-state index contributed by atoms with van der Waals surface area (Å²) >= 11 is 7.40. The molecule has 0 aliphatic carbocycles. The molecule has 0 radical (unpaired) electrons. The van der Waals surface area contributed by atoms with Gasteiger partial charge in [0.25, 0.3) is 0 Å². The second-order valence-electron chi connectivity index (χ2n) is 11.8. The molecule has 37 heavy (non-hydrogen) atoms. The van der Waals surface area contributed by atoms with E-state index in [4.69, 9.17) is 11.2 Å². The van der Waals surface area contributed by atoms with E-state index in [2.05, 4.69) is 129 Å². The molecule has 0 N–H and O–H groups in total. The Morgan fingerprint density at radius 1 is 0.595 bits per heavy atom. The quantitative estimate of drug-likeness (QED) is 0.0671. The molecule has 0 saturated heterocycles. The summed E-state index contributed by atoms with van der Waals surface area (Å²) in [6, 6.07) is 28.9. The van der Waals surface area contributed by atoms with E-state index < -0.39 is 12.4 Å². The molecule has 0 aliphatic heterocycles. The Hall–Kier alpha value is -1.72. The molecular formula is C32H32IOPS2. The number of fused-ring (bicyclic) bond motifs is 6. The summed E-state index contributed by atoms with van der Waals surface area (Å²) in [6.07, 6.45) is 0. The van der Waals surface area contributed by atoms with Gasteiger partial charge in [-0.1, -0.05) is 90.1 Å². The lowest BCUT2D eigenvalue weighted by Gasteiger charge is -2.23. The fraction of sp³-hybridized carbons (Fsp3) is 0.250. The first kappa shape index (κ1) is 26.9. The van der Waals surface area contributed by atoms with Gasteiger partial charge in [0.05, 0.1) is 0 Å². The van der Waals surface area contributed by atoms with Gasteiger partial charge in [-0.2, -0.15) is 0 Å². The van der Waals surface area contributed by atoms with E-state index in [-0.39, 0.29) is 10.8 Å². The van der Waals surface area contributed by atoms with Gasteiger partial charge in [-0.25, -0.2) is 0 Å². The monoisotopic (exact) mass is 654 g/mol. The maximum atomic E-state index is 12.5. The minimum atomic E-state index is -1.50. The first-order chi connectivity index (χ1) is 17.3. The highest BCUT2D eigenvalue weighted by molar-refractivity contribution is 14.2. The number of benzene rings is 5. The van der Waals surface area contributed by atoms with Crippen LogP contribution in [0.1, 0.15) is 52.7 Å². The number of thiol groups is 1. The molecule has 0 aromatic heterocycles. The molecular weight excluding hydrogens is 622 g/mol. The van der Waals surface area contributed by atoms with Gasteiger partial charge in [0.1, 0.15) is 0 Å². The van der Waals surface area contributed by atoms with Crippen LogP contribution in [-0.4, -0.2) is 0 Å². The van der Waals surface area contributed by atoms with Crippen molar-refractivity contribution in [1.29, 1.82) is 0 Å². The second kappa shape index (κ2) is 9.79. The first-order valence-electron chi connectivity index (χ1n) is 12.5. The lowest BCUT2D eigenvalue weighted by molar-refractivity contribution is 0.590. The largest absolute Gasteiger partial charge is 0.270 e. The zero-order chi connectivity index (χ0) is 26.7. The van der Waals surface area contributed by atoms with Crippen LogP contribution in [0.25, 0.3) is 43.4 Å². The predicted octanol–water partition coefficient (Wildman–Crippen LogP) is 9.94. The maximum absolute atomic E-state index is 12.5. The first-order valence-corrected chi connectivity index (χ1v) is 19.6. The van der Waals surface area contributed by atoms with Gasteiger partial charge in [0.2, 0.25) is 0 Å². The van der Waals surface area contributed by atoms with Crippen LogP contribution < -0.4 is 5.30 Å². The van der Waals surface area contributed by atoms with E-state index in [1.165, 1.54) is 43.4 Å². The number of halogens is 1. The fourth-order valence-corrected chi connectivity index (χ4v) is 9.61. The fourth-order valence-electron chi connectivity index (χ4n) is 4.99. The summed E-state index contributed by atoms with van der Waals surface area (Å²) in [4.78, 5) is 0. The minimum absolute atomic E-state index is 0.0744. The van der Waals surface area contributed by atoms with Gasteiger partial charge in [0.15, 0.2) is 6.58 Å². The molecule has 1 nitrogen and oxygen atoms in total.